The van der Waals surface area contributed by atoms with Crippen LogP contribution in [0, 0.1) is 0 Å². The van der Waals surface area contributed by atoms with Crippen LogP contribution in [0.2, 0.25) is 0 Å². The Hall–Kier alpha value is -4.88. The first-order chi connectivity index (χ1) is 25.8. The van der Waals surface area contributed by atoms with Crippen LogP contribution in [0.25, 0.3) is 11.0 Å². The summed E-state index contributed by atoms with van der Waals surface area (Å²) in [6, 6.07) is 15.2. The van der Waals surface area contributed by atoms with Gasteiger partial charge in [-0.3, -0.25) is 29.5 Å². The van der Waals surface area contributed by atoms with Crippen LogP contribution in [0.1, 0.15) is 84.9 Å². The number of imide groups is 1. The second-order valence-corrected chi connectivity index (χ2v) is 15.3. The zero-order valence-electron chi connectivity index (χ0n) is 30.8. The SMILES string of the molecule is CN(C)C(=O)c1cc2cnc(Nc3ccc(CN4CCCC(N5CCN(c6ccc(C7CCC(=O)NC7=O)cc6)CC5)C4)cn3)nc2n1C1CCCC1. The van der Waals surface area contributed by atoms with Crippen molar-refractivity contribution in [1.29, 1.82) is 0 Å². The Labute approximate surface area is 310 Å². The number of piperidine rings is 2. The zero-order valence-corrected chi connectivity index (χ0v) is 30.8. The summed E-state index contributed by atoms with van der Waals surface area (Å²) in [5.41, 5.74) is 4.81. The van der Waals surface area contributed by atoms with Gasteiger partial charge in [0.1, 0.15) is 17.2 Å². The summed E-state index contributed by atoms with van der Waals surface area (Å²) in [4.78, 5) is 60.4. The standard InChI is InChI=1S/C40H50N10O3/c1-46(2)39(53)34-22-29-24-42-40(45-37(29)50(34)31-6-3-4-7-31)43-35-15-9-27(23-41-35)25-47-17-5-8-32(26-47)49-20-18-48(19-21-49)30-12-10-28(11-13-30)33-14-16-36(51)44-38(33)52/h9-13,15,22-24,31-33H,3-8,14,16-21,25-26H2,1-2H3,(H,44,51,52)(H,41,42,43,45). The Bertz CT molecular complexity index is 1950. The average Bonchev–Trinajstić information content (AvgIpc) is 3.84. The third-order valence-electron chi connectivity index (χ3n) is 11.6. The van der Waals surface area contributed by atoms with Crippen LogP contribution in [-0.2, 0) is 16.1 Å². The number of likely N-dealkylation sites (tertiary alicyclic amines) is 1. The number of pyridine rings is 1. The van der Waals surface area contributed by atoms with E-state index in [4.69, 9.17) is 9.97 Å². The predicted octanol–water partition coefficient (Wildman–Crippen LogP) is 4.69. The number of rotatable bonds is 9. The van der Waals surface area contributed by atoms with Crippen molar-refractivity contribution in [1.82, 2.24) is 39.5 Å². The Balaban J connectivity index is 0.848. The number of anilines is 3. The third-order valence-corrected chi connectivity index (χ3v) is 11.6. The summed E-state index contributed by atoms with van der Waals surface area (Å²) in [7, 11) is 3.58. The fourth-order valence-electron chi connectivity index (χ4n) is 8.71. The molecular formula is C40H50N10O3. The number of hydrogen-bond acceptors (Lipinski definition) is 10. The van der Waals surface area contributed by atoms with Gasteiger partial charge in [-0.15, -0.1) is 0 Å². The van der Waals surface area contributed by atoms with E-state index in [-0.39, 0.29) is 29.7 Å². The van der Waals surface area contributed by atoms with Gasteiger partial charge in [-0.25, -0.2) is 9.97 Å². The second-order valence-electron chi connectivity index (χ2n) is 15.3. The van der Waals surface area contributed by atoms with E-state index < -0.39 is 0 Å². The number of nitrogens with one attached hydrogen (secondary N) is 2. The smallest absolute Gasteiger partial charge is 0.270 e. The van der Waals surface area contributed by atoms with Crippen molar-refractivity contribution in [2.24, 2.45) is 0 Å². The van der Waals surface area contributed by atoms with Gasteiger partial charge in [0, 0.05) is 95.3 Å². The number of amides is 3. The summed E-state index contributed by atoms with van der Waals surface area (Å²) < 4.78 is 2.13. The monoisotopic (exact) mass is 718 g/mol. The van der Waals surface area contributed by atoms with Crippen molar-refractivity contribution in [3.63, 3.8) is 0 Å². The lowest BCUT2D eigenvalue weighted by molar-refractivity contribution is -0.134. The first-order valence-corrected chi connectivity index (χ1v) is 19.3. The van der Waals surface area contributed by atoms with Gasteiger partial charge in [-0.05, 0) is 74.0 Å². The maximum atomic E-state index is 13.1. The molecule has 4 aromatic rings. The molecule has 0 spiro atoms. The maximum absolute atomic E-state index is 13.1. The lowest BCUT2D eigenvalue weighted by Gasteiger charge is -2.44. The van der Waals surface area contributed by atoms with E-state index in [9.17, 15) is 14.4 Å². The average molecular weight is 719 g/mol. The van der Waals surface area contributed by atoms with Gasteiger partial charge in [0.2, 0.25) is 17.8 Å². The van der Waals surface area contributed by atoms with Crippen molar-refractivity contribution in [2.75, 3.05) is 63.6 Å². The van der Waals surface area contributed by atoms with Crippen molar-refractivity contribution in [3.8, 4) is 0 Å². The molecule has 2 N–H and O–H groups in total. The molecule has 1 aromatic carbocycles. The molecule has 3 aromatic heterocycles. The zero-order chi connectivity index (χ0) is 36.5. The van der Waals surface area contributed by atoms with Crippen LogP contribution in [0.4, 0.5) is 17.5 Å². The van der Waals surface area contributed by atoms with Crippen molar-refractivity contribution < 1.29 is 14.4 Å². The first-order valence-electron chi connectivity index (χ1n) is 19.3. The first kappa shape index (κ1) is 35.2. The second kappa shape index (κ2) is 15.2. The van der Waals surface area contributed by atoms with Crippen LogP contribution in [0.3, 0.4) is 0 Å². The van der Waals surface area contributed by atoms with Crippen LogP contribution < -0.4 is 15.5 Å². The Morgan fingerprint density at radius 2 is 1.66 bits per heavy atom. The summed E-state index contributed by atoms with van der Waals surface area (Å²) in [6.07, 6.45) is 11.5. The lowest BCUT2D eigenvalue weighted by Crippen LogP contribution is -2.55. The Kier molecular flexibility index (Phi) is 10.1. The quantitative estimate of drug-likeness (QED) is 0.235. The summed E-state index contributed by atoms with van der Waals surface area (Å²) in [5.74, 6) is 0.541. The molecular weight excluding hydrogens is 669 g/mol. The van der Waals surface area contributed by atoms with Crippen LogP contribution in [0.15, 0.2) is 54.9 Å². The maximum Gasteiger partial charge on any atom is 0.270 e. The van der Waals surface area contributed by atoms with Crippen molar-refractivity contribution in [2.45, 2.75) is 75.9 Å². The van der Waals surface area contributed by atoms with Crippen LogP contribution in [-0.4, -0.2) is 111 Å². The summed E-state index contributed by atoms with van der Waals surface area (Å²) in [5, 5.41) is 6.64. The highest BCUT2D eigenvalue weighted by atomic mass is 16.2. The predicted molar refractivity (Wildman–Crippen MR) is 204 cm³/mol. The minimum absolute atomic E-state index is 0.0167. The molecule has 3 amide bonds. The molecule has 2 unspecified atom stereocenters. The summed E-state index contributed by atoms with van der Waals surface area (Å²) >= 11 is 0. The number of carbonyl (C=O) groups is 3. The number of aromatic nitrogens is 4. The highest BCUT2D eigenvalue weighted by Gasteiger charge is 2.31. The van der Waals surface area contributed by atoms with Gasteiger partial charge in [-0.1, -0.05) is 31.0 Å². The van der Waals surface area contributed by atoms with Crippen molar-refractivity contribution >= 4 is 46.2 Å². The molecule has 8 rings (SSSR count). The van der Waals surface area contributed by atoms with Gasteiger partial charge >= 0.3 is 0 Å². The molecule has 2 atom stereocenters. The van der Waals surface area contributed by atoms with Gasteiger partial charge in [0.25, 0.3) is 5.91 Å². The highest BCUT2D eigenvalue weighted by Crippen LogP contribution is 2.35. The molecule has 3 saturated heterocycles. The largest absolute Gasteiger partial charge is 0.369 e. The molecule has 4 aliphatic rings. The number of nitrogens with zero attached hydrogens (tertiary/aromatic N) is 8. The van der Waals surface area contributed by atoms with Crippen LogP contribution in [0.5, 0.6) is 0 Å². The fraction of sp³-hybridized carbons (Fsp3) is 0.500. The summed E-state index contributed by atoms with van der Waals surface area (Å²) in [6.45, 7) is 7.01. The van der Waals surface area contributed by atoms with Crippen LogP contribution >= 0.6 is 0 Å². The minimum atomic E-state index is -0.245. The van der Waals surface area contributed by atoms with Gasteiger partial charge in [0.15, 0.2) is 0 Å². The molecule has 0 radical (unpaired) electrons. The minimum Gasteiger partial charge on any atom is -0.369 e. The normalized spacial score (nSPS) is 22.0. The van der Waals surface area contributed by atoms with Gasteiger partial charge in [0.05, 0.1) is 5.92 Å². The van der Waals surface area contributed by atoms with Gasteiger partial charge in [-0.2, -0.15) is 4.98 Å². The Morgan fingerprint density at radius 1 is 0.887 bits per heavy atom. The number of carbonyl (C=O) groups excluding carboxylic acids is 3. The molecule has 6 heterocycles. The van der Waals surface area contributed by atoms with E-state index in [2.05, 4.69) is 53.1 Å². The third kappa shape index (κ3) is 7.63. The van der Waals surface area contributed by atoms with E-state index >= 15 is 0 Å². The molecule has 3 aliphatic heterocycles. The molecule has 1 saturated carbocycles. The number of fused-ring (bicyclic) bond motifs is 1. The van der Waals surface area contributed by atoms with E-state index in [1.54, 1.807) is 25.2 Å². The van der Waals surface area contributed by atoms with E-state index in [1.807, 2.05) is 30.5 Å². The van der Waals surface area contributed by atoms with Crippen molar-refractivity contribution in [3.05, 3.63) is 71.7 Å². The topological polar surface area (TPSA) is 132 Å². The molecule has 278 valence electrons. The molecule has 0 bridgehead atoms. The number of benzene rings is 1. The number of hydrogen-bond donors (Lipinski definition) is 2. The number of piperazine rings is 1. The van der Waals surface area contributed by atoms with E-state index in [1.165, 1.54) is 24.1 Å². The molecule has 53 heavy (non-hydrogen) atoms. The van der Waals surface area contributed by atoms with Gasteiger partial charge < -0.3 is 19.7 Å². The Morgan fingerprint density at radius 3 is 2.38 bits per heavy atom. The van der Waals surface area contributed by atoms with E-state index in [0.29, 0.717) is 36.3 Å². The molecule has 13 heteroatoms. The molecule has 4 fully saturated rings. The van der Waals surface area contributed by atoms with E-state index in [0.717, 1.165) is 88.1 Å². The highest BCUT2D eigenvalue weighted by molar-refractivity contribution is 6.01. The lowest BCUT2D eigenvalue weighted by atomic mass is 9.90. The fourth-order valence-corrected chi connectivity index (χ4v) is 8.71. The molecule has 1 aliphatic carbocycles. The molecule has 13 nitrogen and oxygen atoms in total.